The van der Waals surface area contributed by atoms with Crippen LogP contribution in [-0.4, -0.2) is 32.2 Å². The average Bonchev–Trinajstić information content (AvgIpc) is 2.98. The Bertz CT molecular complexity index is 852. The Kier molecular flexibility index (Phi) is 4.85. The Hall–Kier alpha value is -1.56. The quantitative estimate of drug-likeness (QED) is 0.890. The minimum absolute atomic E-state index is 0. The van der Waals surface area contributed by atoms with Crippen molar-refractivity contribution in [3.05, 3.63) is 59.2 Å². The Labute approximate surface area is 149 Å². The zero-order valence-corrected chi connectivity index (χ0v) is 15.0. The molecule has 0 aliphatic carbocycles. The van der Waals surface area contributed by atoms with Gasteiger partial charge in [-0.05, 0) is 29.2 Å². The number of halogens is 1. The minimum atomic E-state index is -3.17. The Morgan fingerprint density at radius 3 is 2.71 bits per heavy atom. The SMILES string of the molecule is Cl.O=S1(=O)CCN(Cc2cccc3c2NCC3)Cc2ccccc21. The molecule has 0 aromatic heterocycles. The van der Waals surface area contributed by atoms with Gasteiger partial charge in [-0.25, -0.2) is 8.42 Å². The van der Waals surface area contributed by atoms with Crippen LogP contribution in [-0.2, 0) is 29.3 Å². The summed E-state index contributed by atoms with van der Waals surface area (Å²) in [6.45, 7) is 3.02. The second-order valence-corrected chi connectivity index (χ2v) is 8.34. The number of hydrogen-bond donors (Lipinski definition) is 1. The first-order chi connectivity index (χ1) is 11.1. The van der Waals surface area contributed by atoms with Crippen LogP contribution in [0.5, 0.6) is 0 Å². The molecule has 4 rings (SSSR count). The average molecular weight is 365 g/mol. The van der Waals surface area contributed by atoms with Crippen molar-refractivity contribution in [1.82, 2.24) is 4.90 Å². The maximum atomic E-state index is 12.4. The van der Waals surface area contributed by atoms with Gasteiger partial charge < -0.3 is 5.32 Å². The van der Waals surface area contributed by atoms with E-state index in [-0.39, 0.29) is 18.2 Å². The van der Waals surface area contributed by atoms with Crippen molar-refractivity contribution >= 4 is 27.9 Å². The standard InChI is InChI=1S/C18H20N2O2S.ClH/c21-23(22)11-10-20(12-15-4-1-2-7-17(15)23)13-16-6-3-5-14-8-9-19-18(14)16;/h1-7,19H,8-13H2;1H. The molecule has 0 atom stereocenters. The molecular weight excluding hydrogens is 344 g/mol. The van der Waals surface area contributed by atoms with Crippen LogP contribution in [0.1, 0.15) is 16.7 Å². The van der Waals surface area contributed by atoms with E-state index < -0.39 is 9.84 Å². The van der Waals surface area contributed by atoms with E-state index in [9.17, 15) is 8.42 Å². The monoisotopic (exact) mass is 364 g/mol. The van der Waals surface area contributed by atoms with Crippen molar-refractivity contribution in [2.45, 2.75) is 24.4 Å². The molecule has 2 aliphatic heterocycles. The number of rotatable bonds is 2. The summed E-state index contributed by atoms with van der Waals surface area (Å²) in [5.74, 6) is 0.187. The van der Waals surface area contributed by atoms with Crippen molar-refractivity contribution < 1.29 is 8.42 Å². The fraction of sp³-hybridized carbons (Fsp3) is 0.333. The van der Waals surface area contributed by atoms with E-state index in [4.69, 9.17) is 0 Å². The van der Waals surface area contributed by atoms with E-state index in [1.807, 2.05) is 12.1 Å². The molecule has 0 saturated heterocycles. The highest BCUT2D eigenvalue weighted by atomic mass is 35.5. The second kappa shape index (κ2) is 6.75. The van der Waals surface area contributed by atoms with Gasteiger partial charge in [-0.1, -0.05) is 36.4 Å². The predicted molar refractivity (Wildman–Crippen MR) is 98.5 cm³/mol. The maximum Gasteiger partial charge on any atom is 0.179 e. The van der Waals surface area contributed by atoms with Crippen LogP contribution < -0.4 is 5.32 Å². The van der Waals surface area contributed by atoms with Gasteiger partial charge in [0, 0.05) is 31.9 Å². The largest absolute Gasteiger partial charge is 0.384 e. The van der Waals surface area contributed by atoms with E-state index in [2.05, 4.69) is 28.4 Å². The van der Waals surface area contributed by atoms with E-state index in [1.54, 1.807) is 12.1 Å². The molecule has 0 unspecified atom stereocenters. The predicted octanol–water partition coefficient (Wildman–Crippen LogP) is 2.87. The summed E-state index contributed by atoms with van der Waals surface area (Å²) in [5.41, 5.74) is 4.78. The summed E-state index contributed by atoms with van der Waals surface area (Å²) < 4.78 is 24.9. The summed E-state index contributed by atoms with van der Waals surface area (Å²) in [7, 11) is -3.17. The van der Waals surface area contributed by atoms with Gasteiger partial charge in [-0.2, -0.15) is 0 Å². The first-order valence-electron chi connectivity index (χ1n) is 8.01. The van der Waals surface area contributed by atoms with Crippen molar-refractivity contribution in [3.63, 3.8) is 0 Å². The summed E-state index contributed by atoms with van der Waals surface area (Å²) >= 11 is 0. The summed E-state index contributed by atoms with van der Waals surface area (Å²) in [6, 6.07) is 13.8. The third kappa shape index (κ3) is 3.16. The summed E-state index contributed by atoms with van der Waals surface area (Å²) in [6.07, 6.45) is 1.07. The lowest BCUT2D eigenvalue weighted by atomic mass is 10.1. The van der Waals surface area contributed by atoms with Crippen LogP contribution in [0.25, 0.3) is 0 Å². The van der Waals surface area contributed by atoms with E-state index >= 15 is 0 Å². The first kappa shape index (κ1) is 17.3. The van der Waals surface area contributed by atoms with Crippen LogP contribution in [0.15, 0.2) is 47.4 Å². The minimum Gasteiger partial charge on any atom is -0.384 e. The normalized spacial score (nSPS) is 18.7. The van der Waals surface area contributed by atoms with Crippen molar-refractivity contribution in [1.29, 1.82) is 0 Å². The van der Waals surface area contributed by atoms with Crippen LogP contribution >= 0.6 is 12.4 Å². The third-order valence-corrected chi connectivity index (χ3v) is 6.49. The van der Waals surface area contributed by atoms with Gasteiger partial charge in [0.1, 0.15) is 0 Å². The number of sulfone groups is 1. The molecule has 4 nitrogen and oxygen atoms in total. The molecule has 2 aliphatic rings. The van der Waals surface area contributed by atoms with Gasteiger partial charge in [-0.3, -0.25) is 4.90 Å². The van der Waals surface area contributed by atoms with Gasteiger partial charge in [0.2, 0.25) is 0 Å². The zero-order chi connectivity index (χ0) is 15.9. The number of hydrogen-bond acceptors (Lipinski definition) is 4. The number of nitrogens with zero attached hydrogens (tertiary/aromatic N) is 1. The molecule has 0 saturated carbocycles. The molecule has 1 N–H and O–H groups in total. The Balaban J connectivity index is 0.00000169. The molecule has 0 bridgehead atoms. The smallest absolute Gasteiger partial charge is 0.179 e. The number of benzene rings is 2. The van der Waals surface area contributed by atoms with Gasteiger partial charge in [0.25, 0.3) is 0 Å². The molecular formula is C18H21ClN2O2S. The van der Waals surface area contributed by atoms with Crippen LogP contribution in [0.4, 0.5) is 5.69 Å². The molecule has 0 spiro atoms. The second-order valence-electron chi connectivity index (χ2n) is 6.27. The lowest BCUT2D eigenvalue weighted by Crippen LogP contribution is -2.26. The van der Waals surface area contributed by atoms with E-state index in [1.165, 1.54) is 16.8 Å². The fourth-order valence-corrected chi connectivity index (χ4v) is 5.07. The number of nitrogens with one attached hydrogen (secondary N) is 1. The molecule has 2 heterocycles. The van der Waals surface area contributed by atoms with Gasteiger partial charge in [0.15, 0.2) is 9.84 Å². The first-order valence-corrected chi connectivity index (χ1v) is 9.66. The highest BCUT2D eigenvalue weighted by Gasteiger charge is 2.25. The van der Waals surface area contributed by atoms with Crippen molar-refractivity contribution in [2.75, 3.05) is 24.2 Å². The van der Waals surface area contributed by atoms with Crippen molar-refractivity contribution in [2.24, 2.45) is 0 Å². The summed E-state index contributed by atoms with van der Waals surface area (Å²) in [4.78, 5) is 2.73. The highest BCUT2D eigenvalue weighted by Crippen LogP contribution is 2.29. The topological polar surface area (TPSA) is 49.4 Å². The molecule has 0 radical (unpaired) electrons. The summed E-state index contributed by atoms with van der Waals surface area (Å²) in [5, 5.41) is 3.46. The molecule has 6 heteroatoms. The van der Waals surface area contributed by atoms with Crippen molar-refractivity contribution in [3.8, 4) is 0 Å². The molecule has 128 valence electrons. The Morgan fingerprint density at radius 1 is 1.04 bits per heavy atom. The molecule has 24 heavy (non-hydrogen) atoms. The number of anilines is 1. The number of fused-ring (bicyclic) bond motifs is 2. The zero-order valence-electron chi connectivity index (χ0n) is 13.4. The van der Waals surface area contributed by atoms with Crippen LogP contribution in [0.3, 0.4) is 0 Å². The fourth-order valence-electron chi connectivity index (χ4n) is 3.54. The lowest BCUT2D eigenvalue weighted by Gasteiger charge is -2.21. The van der Waals surface area contributed by atoms with Gasteiger partial charge >= 0.3 is 0 Å². The highest BCUT2D eigenvalue weighted by molar-refractivity contribution is 7.91. The van der Waals surface area contributed by atoms with Crippen LogP contribution in [0, 0.1) is 0 Å². The van der Waals surface area contributed by atoms with Gasteiger partial charge in [0.05, 0.1) is 10.6 Å². The van der Waals surface area contributed by atoms with E-state index in [0.717, 1.165) is 25.1 Å². The number of para-hydroxylation sites is 1. The third-order valence-electron chi connectivity index (χ3n) is 4.70. The van der Waals surface area contributed by atoms with Crippen LogP contribution in [0.2, 0.25) is 0 Å². The molecule has 2 aromatic rings. The molecule has 2 aromatic carbocycles. The van der Waals surface area contributed by atoms with E-state index in [0.29, 0.717) is 18.0 Å². The maximum absolute atomic E-state index is 12.4. The Morgan fingerprint density at radius 2 is 1.83 bits per heavy atom. The van der Waals surface area contributed by atoms with Gasteiger partial charge in [-0.15, -0.1) is 12.4 Å². The lowest BCUT2D eigenvalue weighted by molar-refractivity contribution is 0.274. The molecule has 0 fully saturated rings. The molecule has 0 amide bonds.